The summed E-state index contributed by atoms with van der Waals surface area (Å²) in [7, 11) is 10.7. The Morgan fingerprint density at radius 2 is 1.50 bits per heavy atom. The molecule has 2 nitrogen and oxygen atoms in total. The van der Waals surface area contributed by atoms with E-state index in [0.717, 1.165) is 4.48 Å². The first-order valence-electron chi connectivity index (χ1n) is 4.51. The minimum atomic E-state index is 0. The Labute approximate surface area is 104 Å². The van der Waals surface area contributed by atoms with Gasteiger partial charge >= 0.3 is 0 Å². The van der Waals surface area contributed by atoms with Gasteiger partial charge in [0.2, 0.25) is 0 Å². The summed E-state index contributed by atoms with van der Waals surface area (Å²) in [6.45, 7) is 0. The van der Waals surface area contributed by atoms with Crippen LogP contribution in [0.5, 0.6) is 0 Å². The number of nitrogens with zero attached hydrogens (tertiary/aromatic N) is 2. The molecule has 0 spiro atoms. The second-order valence-corrected chi connectivity index (χ2v) is 4.40. The van der Waals surface area contributed by atoms with E-state index in [2.05, 4.69) is 64.4 Å². The van der Waals surface area contributed by atoms with Crippen molar-refractivity contribution in [3.63, 3.8) is 0 Å². The highest BCUT2D eigenvalue weighted by atomic mass is 127. The zero-order valence-electron chi connectivity index (χ0n) is 9.58. The van der Waals surface area contributed by atoms with Gasteiger partial charge in [0.05, 0.1) is 26.8 Å². The van der Waals surface area contributed by atoms with Gasteiger partial charge in [-0.05, 0) is 6.07 Å². The smallest absolute Gasteiger partial charge is 0.155 e. The summed E-state index contributed by atoms with van der Waals surface area (Å²) in [5, 5.41) is 0. The van der Waals surface area contributed by atoms with E-state index >= 15 is 0 Å². The number of para-hydroxylation sites is 2. The molecule has 0 fully saturated rings. The van der Waals surface area contributed by atoms with Crippen LogP contribution in [0.25, 0.3) is 0 Å². The molecule has 0 unspecified atom stereocenters. The average Bonchev–Trinajstić information content (AvgIpc) is 2.03. The normalized spacial score (nSPS) is 10.6. The molecule has 0 heterocycles. The average molecular weight is 306 g/mol. The van der Waals surface area contributed by atoms with Gasteiger partial charge < -0.3 is 28.9 Å². The van der Waals surface area contributed by atoms with Crippen LogP contribution in [-0.2, 0) is 0 Å². The minimum absolute atomic E-state index is 0. The maximum absolute atomic E-state index is 2.18. The standard InChI is InChI=1S/C11H19N2.HI/c1-12(2)10-8-6-7-9-11(10)13(3,4)5;/h6-9H,1-5H3;1H/q+1;/p-1. The van der Waals surface area contributed by atoms with Crippen LogP contribution in [0.2, 0.25) is 0 Å². The van der Waals surface area contributed by atoms with E-state index in [1.165, 1.54) is 11.4 Å². The van der Waals surface area contributed by atoms with Crippen LogP contribution in [0.1, 0.15) is 0 Å². The highest BCUT2D eigenvalue weighted by molar-refractivity contribution is 5.67. The highest BCUT2D eigenvalue weighted by Crippen LogP contribution is 2.28. The van der Waals surface area contributed by atoms with E-state index in [-0.39, 0.29) is 24.0 Å². The van der Waals surface area contributed by atoms with Crippen LogP contribution in [0.4, 0.5) is 11.4 Å². The van der Waals surface area contributed by atoms with Crippen LogP contribution in [0, 0.1) is 0 Å². The first-order chi connectivity index (χ1) is 5.93. The fraction of sp³-hybridized carbons (Fsp3) is 0.455. The Kier molecular flexibility index (Phi) is 4.88. The van der Waals surface area contributed by atoms with Crippen molar-refractivity contribution < 1.29 is 24.0 Å². The molecule has 0 aliphatic carbocycles. The van der Waals surface area contributed by atoms with E-state index < -0.39 is 0 Å². The van der Waals surface area contributed by atoms with E-state index in [0.29, 0.717) is 0 Å². The van der Waals surface area contributed by atoms with Crippen molar-refractivity contribution in [2.24, 2.45) is 0 Å². The van der Waals surface area contributed by atoms with Crippen molar-refractivity contribution in [2.45, 2.75) is 0 Å². The second kappa shape index (κ2) is 4.98. The van der Waals surface area contributed by atoms with Gasteiger partial charge in [-0.3, -0.25) is 4.48 Å². The predicted octanol–water partition coefficient (Wildman–Crippen LogP) is -1.05. The fourth-order valence-corrected chi connectivity index (χ4v) is 1.41. The molecule has 0 amide bonds. The molecule has 0 atom stereocenters. The molecule has 0 bridgehead atoms. The molecule has 1 rings (SSSR count). The predicted molar refractivity (Wildman–Crippen MR) is 60.3 cm³/mol. The van der Waals surface area contributed by atoms with Crippen molar-refractivity contribution in [3.8, 4) is 0 Å². The van der Waals surface area contributed by atoms with Crippen molar-refractivity contribution in [1.82, 2.24) is 4.48 Å². The maximum Gasteiger partial charge on any atom is 0.155 e. The largest absolute Gasteiger partial charge is 1.00 e. The quantitative estimate of drug-likeness (QED) is 0.498. The van der Waals surface area contributed by atoms with E-state index in [4.69, 9.17) is 0 Å². The number of halogens is 1. The first kappa shape index (κ1) is 13.7. The summed E-state index contributed by atoms with van der Waals surface area (Å²) in [6, 6.07) is 8.49. The van der Waals surface area contributed by atoms with Gasteiger partial charge in [-0.1, -0.05) is 12.1 Å². The van der Waals surface area contributed by atoms with Crippen LogP contribution in [-0.4, -0.2) is 35.2 Å². The van der Waals surface area contributed by atoms with Gasteiger partial charge in [0.1, 0.15) is 0 Å². The Balaban J connectivity index is 0.00000169. The number of hydrogen-bond donors (Lipinski definition) is 0. The van der Waals surface area contributed by atoms with Gasteiger partial charge in [-0.2, -0.15) is 0 Å². The van der Waals surface area contributed by atoms with Crippen LogP contribution in [0.15, 0.2) is 24.3 Å². The number of quaternary nitrogens is 1. The van der Waals surface area contributed by atoms with Crippen molar-refractivity contribution in [3.05, 3.63) is 24.3 Å². The molecule has 0 aromatic heterocycles. The molecule has 0 aliphatic rings. The van der Waals surface area contributed by atoms with Crippen molar-refractivity contribution >= 4 is 11.4 Å². The third-order valence-electron chi connectivity index (χ3n) is 2.09. The third-order valence-corrected chi connectivity index (χ3v) is 2.09. The lowest BCUT2D eigenvalue weighted by molar-refractivity contribution is -0.00000306. The highest BCUT2D eigenvalue weighted by Gasteiger charge is 2.17. The lowest BCUT2D eigenvalue weighted by Crippen LogP contribution is -3.00. The molecular formula is C11H19IN2. The monoisotopic (exact) mass is 306 g/mol. The van der Waals surface area contributed by atoms with E-state index in [1.807, 2.05) is 0 Å². The third kappa shape index (κ3) is 3.13. The molecule has 0 N–H and O–H groups in total. The molecule has 0 aliphatic heterocycles. The minimum Gasteiger partial charge on any atom is -1.00 e. The van der Waals surface area contributed by atoms with Crippen molar-refractivity contribution in [2.75, 3.05) is 40.1 Å². The van der Waals surface area contributed by atoms with Gasteiger partial charge in [0.15, 0.2) is 5.69 Å². The molecule has 0 saturated carbocycles. The van der Waals surface area contributed by atoms with Gasteiger partial charge in [-0.25, -0.2) is 0 Å². The molecule has 0 saturated heterocycles. The Morgan fingerprint density at radius 3 is 1.86 bits per heavy atom. The van der Waals surface area contributed by atoms with E-state index in [1.54, 1.807) is 0 Å². The molecular weight excluding hydrogens is 287 g/mol. The zero-order chi connectivity index (χ0) is 10.1. The molecule has 3 heteroatoms. The number of hydrogen-bond acceptors (Lipinski definition) is 1. The summed E-state index contributed by atoms with van der Waals surface area (Å²) in [4.78, 5) is 2.15. The lowest BCUT2D eigenvalue weighted by atomic mass is 10.2. The summed E-state index contributed by atoms with van der Waals surface area (Å²) in [6.07, 6.45) is 0. The summed E-state index contributed by atoms with van der Waals surface area (Å²) in [5.41, 5.74) is 2.63. The Hall–Kier alpha value is -0.290. The van der Waals surface area contributed by atoms with Crippen LogP contribution in [0.3, 0.4) is 0 Å². The van der Waals surface area contributed by atoms with Crippen molar-refractivity contribution in [1.29, 1.82) is 0 Å². The topological polar surface area (TPSA) is 3.24 Å². The zero-order valence-corrected chi connectivity index (χ0v) is 11.7. The van der Waals surface area contributed by atoms with Gasteiger partial charge in [-0.15, -0.1) is 0 Å². The molecule has 0 radical (unpaired) electrons. The molecule has 1 aromatic carbocycles. The lowest BCUT2D eigenvalue weighted by Gasteiger charge is -2.28. The number of rotatable bonds is 2. The molecule has 80 valence electrons. The van der Waals surface area contributed by atoms with Gasteiger partial charge in [0, 0.05) is 20.2 Å². The van der Waals surface area contributed by atoms with E-state index in [9.17, 15) is 0 Å². The first-order valence-corrected chi connectivity index (χ1v) is 4.51. The maximum atomic E-state index is 2.18. The summed E-state index contributed by atoms with van der Waals surface area (Å²) in [5.74, 6) is 0. The molecule has 14 heavy (non-hydrogen) atoms. The summed E-state index contributed by atoms with van der Waals surface area (Å²) >= 11 is 0. The van der Waals surface area contributed by atoms with Gasteiger partial charge in [0.25, 0.3) is 0 Å². The number of anilines is 1. The molecule has 1 aromatic rings. The van der Waals surface area contributed by atoms with Crippen LogP contribution < -0.4 is 33.4 Å². The Morgan fingerprint density at radius 1 is 1.00 bits per heavy atom. The summed E-state index contributed by atoms with van der Waals surface area (Å²) < 4.78 is 0.856. The van der Waals surface area contributed by atoms with Crippen LogP contribution >= 0.6 is 0 Å². The fourth-order valence-electron chi connectivity index (χ4n) is 1.41. The SMILES string of the molecule is CN(C)c1ccccc1[N+](C)(C)C.[I-]. The Bertz CT molecular complexity index is 290. The number of benzene rings is 1. The second-order valence-electron chi connectivity index (χ2n) is 4.40.